The van der Waals surface area contributed by atoms with Crippen molar-refractivity contribution in [2.75, 3.05) is 23.8 Å². The average Bonchev–Trinajstić information content (AvgIpc) is 2.99. The second-order valence-electron chi connectivity index (χ2n) is 5.41. The molecule has 2 aromatic carbocycles. The Kier molecular flexibility index (Phi) is 3.11. The third-order valence-electron chi connectivity index (χ3n) is 3.90. The first-order valence-corrected chi connectivity index (χ1v) is 7.34. The molecule has 2 aliphatic rings. The number of carbonyl (C=O) groups is 1. The first-order chi connectivity index (χ1) is 10.8. The number of nitrogens with one attached hydrogen (secondary N) is 2. The smallest absolute Gasteiger partial charge is 0.247 e. The van der Waals surface area contributed by atoms with Crippen LogP contribution in [0.4, 0.5) is 11.4 Å². The minimum absolute atomic E-state index is 0.0483. The number of hydrogen-bond acceptors (Lipinski definition) is 4. The van der Waals surface area contributed by atoms with Crippen LogP contribution >= 0.6 is 0 Å². The number of benzene rings is 2. The molecule has 0 aromatic heterocycles. The van der Waals surface area contributed by atoms with Crippen molar-refractivity contribution in [3.63, 3.8) is 0 Å². The molecular weight excluding hydrogens is 280 g/mol. The number of carbonyl (C=O) groups excluding carboxylic acids is 1. The monoisotopic (exact) mass is 296 g/mol. The van der Waals surface area contributed by atoms with Gasteiger partial charge in [0.25, 0.3) is 0 Å². The molecule has 1 amide bonds. The summed E-state index contributed by atoms with van der Waals surface area (Å²) < 4.78 is 11.0. The van der Waals surface area contributed by atoms with Gasteiger partial charge in [0.2, 0.25) is 5.91 Å². The van der Waals surface area contributed by atoms with E-state index >= 15 is 0 Å². The second kappa shape index (κ2) is 5.26. The van der Waals surface area contributed by atoms with Gasteiger partial charge in [-0.25, -0.2) is 0 Å². The highest BCUT2D eigenvalue weighted by Gasteiger charge is 2.26. The Morgan fingerprint density at radius 3 is 2.77 bits per heavy atom. The van der Waals surface area contributed by atoms with E-state index in [-0.39, 0.29) is 11.9 Å². The number of anilines is 2. The van der Waals surface area contributed by atoms with E-state index in [1.54, 1.807) is 6.07 Å². The molecule has 0 fully saturated rings. The fraction of sp³-hybridized carbons (Fsp3) is 0.235. The van der Waals surface area contributed by atoms with E-state index in [4.69, 9.17) is 9.47 Å². The van der Waals surface area contributed by atoms with Crippen molar-refractivity contribution in [1.82, 2.24) is 0 Å². The molecule has 0 radical (unpaired) electrons. The van der Waals surface area contributed by atoms with Crippen molar-refractivity contribution >= 4 is 17.3 Å². The molecule has 0 saturated carbocycles. The molecule has 2 aliphatic heterocycles. The Bertz CT molecular complexity index is 705. The van der Waals surface area contributed by atoms with Crippen LogP contribution in [0.1, 0.15) is 5.56 Å². The molecule has 2 N–H and O–H groups in total. The van der Waals surface area contributed by atoms with Crippen LogP contribution < -0.4 is 20.1 Å². The lowest BCUT2D eigenvalue weighted by atomic mass is 10.1. The zero-order chi connectivity index (χ0) is 14.9. The zero-order valence-electron chi connectivity index (χ0n) is 12.0. The van der Waals surface area contributed by atoms with E-state index in [2.05, 4.69) is 10.6 Å². The summed E-state index contributed by atoms with van der Waals surface area (Å²) in [5.74, 6) is 1.34. The molecular formula is C17H16N2O3. The van der Waals surface area contributed by atoms with E-state index in [1.807, 2.05) is 36.4 Å². The molecule has 1 atom stereocenters. The first-order valence-electron chi connectivity index (χ1n) is 7.34. The first kappa shape index (κ1) is 13.0. The molecule has 5 heteroatoms. The van der Waals surface area contributed by atoms with Crippen molar-refractivity contribution in [1.29, 1.82) is 0 Å². The average molecular weight is 296 g/mol. The molecule has 4 rings (SSSR count). The molecule has 0 spiro atoms. The van der Waals surface area contributed by atoms with Gasteiger partial charge in [-0.15, -0.1) is 0 Å². The van der Waals surface area contributed by atoms with Gasteiger partial charge in [-0.2, -0.15) is 0 Å². The van der Waals surface area contributed by atoms with E-state index in [0.29, 0.717) is 31.1 Å². The number of rotatable bonds is 2. The van der Waals surface area contributed by atoms with Gasteiger partial charge in [-0.05, 0) is 23.8 Å². The molecule has 0 saturated heterocycles. The summed E-state index contributed by atoms with van der Waals surface area (Å²) in [6.07, 6.45) is 0.701. The van der Waals surface area contributed by atoms with Crippen LogP contribution in [0.5, 0.6) is 11.5 Å². The Balaban J connectivity index is 1.47. The van der Waals surface area contributed by atoms with Crippen LogP contribution in [-0.2, 0) is 11.2 Å². The maximum absolute atomic E-state index is 12.4. The largest absolute Gasteiger partial charge is 0.486 e. The normalized spacial score (nSPS) is 18.3. The summed E-state index contributed by atoms with van der Waals surface area (Å²) in [6, 6.07) is 13.2. The maximum Gasteiger partial charge on any atom is 0.247 e. The molecule has 2 aromatic rings. The number of ether oxygens (including phenoxy) is 2. The highest BCUT2D eigenvalue weighted by Crippen LogP contribution is 2.33. The summed E-state index contributed by atoms with van der Waals surface area (Å²) >= 11 is 0. The molecule has 1 unspecified atom stereocenters. The van der Waals surface area contributed by atoms with Crippen molar-refractivity contribution in [3.8, 4) is 11.5 Å². The Morgan fingerprint density at radius 1 is 1.09 bits per heavy atom. The maximum atomic E-state index is 12.4. The molecule has 0 bridgehead atoms. The number of hydrogen-bond donors (Lipinski definition) is 2. The van der Waals surface area contributed by atoms with Gasteiger partial charge < -0.3 is 20.1 Å². The summed E-state index contributed by atoms with van der Waals surface area (Å²) in [5, 5.41) is 6.18. The number of fused-ring (bicyclic) bond motifs is 2. The van der Waals surface area contributed by atoms with Crippen LogP contribution in [0.25, 0.3) is 0 Å². The topological polar surface area (TPSA) is 59.6 Å². The van der Waals surface area contributed by atoms with Crippen LogP contribution in [0.2, 0.25) is 0 Å². The SMILES string of the molecule is O=C(Nc1ccc2c(c1)OCCO2)C1Cc2ccccc2N1. The van der Waals surface area contributed by atoms with E-state index in [1.165, 1.54) is 5.56 Å². The molecule has 112 valence electrons. The van der Waals surface area contributed by atoms with Gasteiger partial charge in [0, 0.05) is 23.9 Å². The van der Waals surface area contributed by atoms with E-state index < -0.39 is 0 Å². The minimum atomic E-state index is -0.245. The van der Waals surface area contributed by atoms with Gasteiger partial charge in [0.05, 0.1) is 0 Å². The fourth-order valence-electron chi connectivity index (χ4n) is 2.81. The van der Waals surface area contributed by atoms with Crippen LogP contribution in [-0.4, -0.2) is 25.2 Å². The Labute approximate surface area is 128 Å². The lowest BCUT2D eigenvalue weighted by molar-refractivity contribution is -0.116. The number of para-hydroxylation sites is 1. The highest BCUT2D eigenvalue weighted by atomic mass is 16.6. The molecule has 2 heterocycles. The van der Waals surface area contributed by atoms with Crippen molar-refractivity contribution < 1.29 is 14.3 Å². The lowest BCUT2D eigenvalue weighted by Gasteiger charge is -2.19. The van der Waals surface area contributed by atoms with Crippen molar-refractivity contribution in [2.45, 2.75) is 12.5 Å². The Hall–Kier alpha value is -2.69. The highest BCUT2D eigenvalue weighted by molar-refractivity contribution is 5.98. The van der Waals surface area contributed by atoms with Crippen molar-refractivity contribution in [3.05, 3.63) is 48.0 Å². The molecule has 0 aliphatic carbocycles. The van der Waals surface area contributed by atoms with Gasteiger partial charge in [-0.3, -0.25) is 4.79 Å². The van der Waals surface area contributed by atoms with Gasteiger partial charge in [0.1, 0.15) is 19.3 Å². The molecule has 22 heavy (non-hydrogen) atoms. The second-order valence-corrected chi connectivity index (χ2v) is 5.41. The van der Waals surface area contributed by atoms with Crippen LogP contribution in [0.15, 0.2) is 42.5 Å². The van der Waals surface area contributed by atoms with Crippen molar-refractivity contribution in [2.24, 2.45) is 0 Å². The third kappa shape index (κ3) is 2.35. The zero-order valence-corrected chi connectivity index (χ0v) is 12.0. The van der Waals surface area contributed by atoms with Gasteiger partial charge >= 0.3 is 0 Å². The van der Waals surface area contributed by atoms with E-state index in [9.17, 15) is 4.79 Å². The van der Waals surface area contributed by atoms with Crippen LogP contribution in [0, 0.1) is 0 Å². The predicted molar refractivity (Wildman–Crippen MR) is 83.6 cm³/mol. The van der Waals surface area contributed by atoms with Gasteiger partial charge in [-0.1, -0.05) is 18.2 Å². The summed E-state index contributed by atoms with van der Waals surface area (Å²) in [5.41, 5.74) is 2.92. The quantitative estimate of drug-likeness (QED) is 0.893. The van der Waals surface area contributed by atoms with E-state index in [0.717, 1.165) is 11.4 Å². The molecule has 5 nitrogen and oxygen atoms in total. The summed E-state index contributed by atoms with van der Waals surface area (Å²) in [4.78, 5) is 12.4. The Morgan fingerprint density at radius 2 is 1.91 bits per heavy atom. The minimum Gasteiger partial charge on any atom is -0.486 e. The van der Waals surface area contributed by atoms with Crippen LogP contribution in [0.3, 0.4) is 0 Å². The summed E-state index contributed by atoms with van der Waals surface area (Å²) in [7, 11) is 0. The summed E-state index contributed by atoms with van der Waals surface area (Å²) in [6.45, 7) is 1.09. The predicted octanol–water partition coefficient (Wildman–Crippen LogP) is 2.43. The third-order valence-corrected chi connectivity index (χ3v) is 3.90. The fourth-order valence-corrected chi connectivity index (χ4v) is 2.81. The standard InChI is InChI=1S/C17H16N2O3/c20-17(14-9-11-3-1-2-4-13(11)19-14)18-12-5-6-15-16(10-12)22-8-7-21-15/h1-6,10,14,19H,7-9H2,(H,18,20). The number of amides is 1. The lowest BCUT2D eigenvalue weighted by Crippen LogP contribution is -2.32. The van der Waals surface area contributed by atoms with Gasteiger partial charge in [0.15, 0.2) is 11.5 Å².